The summed E-state index contributed by atoms with van der Waals surface area (Å²) in [5.41, 5.74) is 0.125. The lowest BCUT2D eigenvalue weighted by molar-refractivity contribution is -0.384. The Morgan fingerprint density at radius 3 is 2.32 bits per heavy atom. The van der Waals surface area contributed by atoms with Crippen LogP contribution in [-0.2, 0) is 0 Å². The molecule has 0 saturated carbocycles. The Labute approximate surface area is 157 Å². The van der Waals surface area contributed by atoms with Gasteiger partial charge >= 0.3 is 5.69 Å². The van der Waals surface area contributed by atoms with Crippen LogP contribution in [-0.4, -0.2) is 59.1 Å². The summed E-state index contributed by atoms with van der Waals surface area (Å²) in [4.78, 5) is 20.4. The van der Waals surface area contributed by atoms with Gasteiger partial charge in [0.05, 0.1) is 4.92 Å². The van der Waals surface area contributed by atoms with Gasteiger partial charge in [0.25, 0.3) is 0 Å². The zero-order chi connectivity index (χ0) is 17.8. The van der Waals surface area contributed by atoms with E-state index >= 15 is 0 Å². The molecule has 138 valence electrons. The first-order chi connectivity index (χ1) is 12.0. The van der Waals surface area contributed by atoms with E-state index < -0.39 is 0 Å². The van der Waals surface area contributed by atoms with E-state index in [2.05, 4.69) is 23.6 Å². The van der Waals surface area contributed by atoms with Gasteiger partial charge in [-0.2, -0.15) is 23.5 Å². The minimum absolute atomic E-state index is 0.125. The Balaban J connectivity index is 1.92. The maximum Gasteiger partial charge on any atom is 0.311 e. The molecule has 0 N–H and O–H groups in total. The molecule has 3 heterocycles. The fraction of sp³-hybridized carbons (Fsp3) is 0.706. The van der Waals surface area contributed by atoms with Crippen molar-refractivity contribution in [3.8, 4) is 0 Å². The van der Waals surface area contributed by atoms with Gasteiger partial charge in [-0.1, -0.05) is 13.8 Å². The van der Waals surface area contributed by atoms with Crippen molar-refractivity contribution in [2.75, 3.05) is 59.0 Å². The Hall–Kier alpha value is -1.15. The second kappa shape index (κ2) is 8.49. The lowest BCUT2D eigenvalue weighted by Gasteiger charge is -2.27. The number of pyridine rings is 1. The third-order valence-corrected chi connectivity index (χ3v) is 7.09. The number of nitro groups is 1. The Morgan fingerprint density at radius 2 is 1.68 bits per heavy atom. The van der Waals surface area contributed by atoms with Crippen LogP contribution in [0.3, 0.4) is 0 Å². The van der Waals surface area contributed by atoms with Gasteiger partial charge in [-0.3, -0.25) is 10.1 Å². The van der Waals surface area contributed by atoms with Crippen molar-refractivity contribution in [1.82, 2.24) is 4.98 Å². The maximum atomic E-state index is 11.5. The van der Waals surface area contributed by atoms with Gasteiger partial charge in [0.1, 0.15) is 5.82 Å². The highest BCUT2D eigenvalue weighted by Gasteiger charge is 2.26. The smallest absolute Gasteiger partial charge is 0.311 e. The van der Waals surface area contributed by atoms with E-state index in [0.29, 0.717) is 17.7 Å². The molecule has 2 aliphatic heterocycles. The molecule has 2 aliphatic rings. The summed E-state index contributed by atoms with van der Waals surface area (Å²) < 4.78 is 0. The first-order valence-corrected chi connectivity index (χ1v) is 11.2. The fourth-order valence-electron chi connectivity index (χ4n) is 3.34. The minimum Gasteiger partial charge on any atom is -0.355 e. The SMILES string of the molecule is CC1CSCCN(c2ccc([N+](=O)[O-])c(N3CCSCC(C)C3)n2)C1. The quantitative estimate of drug-likeness (QED) is 0.587. The molecule has 0 amide bonds. The molecular weight excluding hydrogens is 356 g/mol. The van der Waals surface area contributed by atoms with E-state index in [1.54, 1.807) is 6.07 Å². The van der Waals surface area contributed by atoms with Crippen molar-refractivity contribution in [2.24, 2.45) is 11.8 Å². The lowest BCUT2D eigenvalue weighted by Crippen LogP contribution is -2.33. The number of thioether (sulfide) groups is 2. The van der Waals surface area contributed by atoms with Crippen LogP contribution >= 0.6 is 23.5 Å². The van der Waals surface area contributed by atoms with Crippen molar-refractivity contribution in [3.05, 3.63) is 22.2 Å². The minimum atomic E-state index is -0.296. The summed E-state index contributed by atoms with van der Waals surface area (Å²) in [5.74, 6) is 6.86. The topological polar surface area (TPSA) is 62.5 Å². The maximum absolute atomic E-state index is 11.5. The average molecular weight is 383 g/mol. The second-order valence-corrected chi connectivity index (χ2v) is 9.32. The first-order valence-electron chi connectivity index (χ1n) is 8.85. The summed E-state index contributed by atoms with van der Waals surface area (Å²) in [5, 5.41) is 11.5. The van der Waals surface area contributed by atoms with Crippen LogP contribution < -0.4 is 9.80 Å². The van der Waals surface area contributed by atoms with Gasteiger partial charge in [-0.05, 0) is 29.4 Å². The number of anilines is 2. The van der Waals surface area contributed by atoms with Crippen LogP contribution in [0.5, 0.6) is 0 Å². The van der Waals surface area contributed by atoms with E-state index in [1.165, 1.54) is 0 Å². The molecule has 2 atom stereocenters. The predicted molar refractivity (Wildman–Crippen MR) is 108 cm³/mol. The van der Waals surface area contributed by atoms with Gasteiger partial charge in [0.15, 0.2) is 0 Å². The van der Waals surface area contributed by atoms with E-state index in [4.69, 9.17) is 4.98 Å². The van der Waals surface area contributed by atoms with Crippen LogP contribution in [0, 0.1) is 22.0 Å². The molecule has 0 spiro atoms. The Bertz CT molecular complexity index is 616. The zero-order valence-corrected chi connectivity index (χ0v) is 16.5. The fourth-order valence-corrected chi connectivity index (χ4v) is 5.39. The molecule has 3 rings (SSSR count). The van der Waals surface area contributed by atoms with Crippen LogP contribution in [0.1, 0.15) is 13.8 Å². The molecule has 1 aromatic heterocycles. The summed E-state index contributed by atoms with van der Waals surface area (Å²) in [6.45, 7) is 8.02. The van der Waals surface area contributed by atoms with Crippen molar-refractivity contribution >= 4 is 40.8 Å². The van der Waals surface area contributed by atoms with Crippen LogP contribution in [0.2, 0.25) is 0 Å². The number of nitrogens with zero attached hydrogens (tertiary/aromatic N) is 4. The normalized spacial score (nSPS) is 25.4. The van der Waals surface area contributed by atoms with Gasteiger partial charge in [0, 0.05) is 43.8 Å². The van der Waals surface area contributed by atoms with Crippen LogP contribution in [0.25, 0.3) is 0 Å². The lowest BCUT2D eigenvalue weighted by atomic mass is 10.2. The van der Waals surface area contributed by atoms with Gasteiger partial charge in [-0.25, -0.2) is 4.98 Å². The molecule has 2 fully saturated rings. The van der Waals surface area contributed by atoms with Gasteiger partial charge in [0.2, 0.25) is 5.82 Å². The van der Waals surface area contributed by atoms with Gasteiger partial charge in [-0.15, -0.1) is 0 Å². The molecule has 8 heteroatoms. The summed E-state index contributed by atoms with van der Waals surface area (Å²) in [7, 11) is 0. The summed E-state index contributed by atoms with van der Waals surface area (Å²) >= 11 is 3.89. The molecule has 2 saturated heterocycles. The van der Waals surface area contributed by atoms with Crippen molar-refractivity contribution < 1.29 is 4.92 Å². The third kappa shape index (κ3) is 4.73. The monoisotopic (exact) mass is 382 g/mol. The molecule has 0 bridgehead atoms. The summed E-state index contributed by atoms with van der Waals surface area (Å²) in [6.07, 6.45) is 0. The molecule has 2 unspecified atom stereocenters. The van der Waals surface area contributed by atoms with E-state index in [-0.39, 0.29) is 10.6 Å². The molecule has 0 aliphatic carbocycles. The highest BCUT2D eigenvalue weighted by atomic mass is 32.2. The first kappa shape index (κ1) is 18.6. The molecular formula is C17H26N4O2S2. The van der Waals surface area contributed by atoms with Gasteiger partial charge < -0.3 is 9.80 Å². The average Bonchev–Trinajstić information content (AvgIpc) is 2.94. The van der Waals surface area contributed by atoms with Crippen LogP contribution in [0.15, 0.2) is 12.1 Å². The molecule has 6 nitrogen and oxygen atoms in total. The van der Waals surface area contributed by atoms with Crippen molar-refractivity contribution in [1.29, 1.82) is 0 Å². The highest BCUT2D eigenvalue weighted by molar-refractivity contribution is 7.99. The number of aromatic nitrogens is 1. The van der Waals surface area contributed by atoms with E-state index in [0.717, 1.165) is 55.0 Å². The molecule has 25 heavy (non-hydrogen) atoms. The molecule has 1 aromatic rings. The zero-order valence-electron chi connectivity index (χ0n) is 14.9. The van der Waals surface area contributed by atoms with E-state index in [9.17, 15) is 10.1 Å². The summed E-state index contributed by atoms with van der Waals surface area (Å²) in [6, 6.07) is 3.46. The second-order valence-electron chi connectivity index (χ2n) is 7.02. The molecule has 0 radical (unpaired) electrons. The highest BCUT2D eigenvalue weighted by Crippen LogP contribution is 2.32. The van der Waals surface area contributed by atoms with Crippen molar-refractivity contribution in [3.63, 3.8) is 0 Å². The van der Waals surface area contributed by atoms with Crippen molar-refractivity contribution in [2.45, 2.75) is 13.8 Å². The number of rotatable bonds is 3. The molecule has 0 aromatic carbocycles. The largest absolute Gasteiger partial charge is 0.355 e. The van der Waals surface area contributed by atoms with E-state index in [1.807, 2.05) is 29.6 Å². The standard InChI is InChI=1S/C17H26N4O2S2/c1-13-9-19(5-7-24-11-13)16-4-3-15(21(22)23)17(18-16)20-6-8-25-12-14(2)10-20/h3-4,13-14H,5-12H2,1-2H3. The Morgan fingerprint density at radius 1 is 1.08 bits per heavy atom. The number of hydrogen-bond acceptors (Lipinski definition) is 7. The van der Waals surface area contributed by atoms with Crippen LogP contribution in [0.4, 0.5) is 17.3 Å². The third-order valence-electron chi connectivity index (χ3n) is 4.54. The Kier molecular flexibility index (Phi) is 6.33. The number of hydrogen-bond donors (Lipinski definition) is 0. The predicted octanol–water partition coefficient (Wildman–Crippen LogP) is 3.37.